The van der Waals surface area contributed by atoms with Crippen LogP contribution in [0.25, 0.3) is 0 Å². The van der Waals surface area contributed by atoms with E-state index in [1.54, 1.807) is 6.26 Å². The Morgan fingerprint density at radius 2 is 2.05 bits per heavy atom. The van der Waals surface area contributed by atoms with Crippen LogP contribution in [0.4, 0.5) is 0 Å². The van der Waals surface area contributed by atoms with E-state index in [1.807, 2.05) is 18.2 Å². The first-order valence-corrected chi connectivity index (χ1v) is 8.76. The topological polar surface area (TPSA) is 60.2 Å². The lowest BCUT2D eigenvalue weighted by molar-refractivity contribution is -0.118. The van der Waals surface area contributed by atoms with E-state index >= 15 is 0 Å². The van der Waals surface area contributed by atoms with E-state index < -0.39 is 10.8 Å². The summed E-state index contributed by atoms with van der Waals surface area (Å²) in [5.41, 5.74) is 6.27. The average molecular weight is 316 g/mol. The average Bonchev–Trinajstić information content (AvgIpc) is 2.37. The summed E-state index contributed by atoms with van der Waals surface area (Å²) in [5.74, 6) is 0.174. The Kier molecular flexibility index (Phi) is 7.24. The molecule has 0 spiro atoms. The Labute approximate surface area is 128 Å². The van der Waals surface area contributed by atoms with Gasteiger partial charge < -0.3 is 5.73 Å². The van der Waals surface area contributed by atoms with Gasteiger partial charge in [-0.25, -0.2) is 0 Å². The number of amides is 1. The molecule has 2 N–H and O–H groups in total. The number of rotatable bonds is 8. The molecule has 2 unspecified atom stereocenters. The van der Waals surface area contributed by atoms with E-state index in [9.17, 15) is 9.00 Å². The maximum Gasteiger partial charge on any atom is 0.217 e. The third-order valence-corrected chi connectivity index (χ3v) is 4.80. The molecular weight excluding hydrogens is 294 g/mol. The molecule has 1 amide bonds. The summed E-state index contributed by atoms with van der Waals surface area (Å²) >= 11 is 6.14. The molecular formula is C15H22ClNO2S. The van der Waals surface area contributed by atoms with Crippen LogP contribution >= 0.6 is 11.6 Å². The summed E-state index contributed by atoms with van der Waals surface area (Å²) in [5, 5.41) is 0.573. The molecule has 0 fully saturated rings. The molecule has 0 saturated carbocycles. The molecule has 3 nitrogen and oxygen atoms in total. The van der Waals surface area contributed by atoms with Crippen molar-refractivity contribution in [2.45, 2.75) is 49.8 Å². The molecule has 0 radical (unpaired) electrons. The fourth-order valence-corrected chi connectivity index (χ4v) is 3.26. The van der Waals surface area contributed by atoms with Gasteiger partial charge in [0.1, 0.15) is 0 Å². The van der Waals surface area contributed by atoms with Crippen molar-refractivity contribution in [3.8, 4) is 0 Å². The highest BCUT2D eigenvalue weighted by molar-refractivity contribution is 7.84. The highest BCUT2D eigenvalue weighted by atomic mass is 35.5. The molecule has 5 heteroatoms. The summed E-state index contributed by atoms with van der Waals surface area (Å²) in [6.07, 6.45) is 6.08. The zero-order valence-corrected chi connectivity index (χ0v) is 13.6. The first-order chi connectivity index (χ1) is 9.41. The Bertz CT molecular complexity index is 491. The van der Waals surface area contributed by atoms with Crippen LogP contribution in [0, 0.1) is 0 Å². The third-order valence-electron chi connectivity index (χ3n) is 3.39. The van der Waals surface area contributed by atoms with Crippen LogP contribution < -0.4 is 5.73 Å². The van der Waals surface area contributed by atoms with Gasteiger partial charge in [-0.2, -0.15) is 0 Å². The normalized spacial score (nSPS) is 13.9. The van der Waals surface area contributed by atoms with Gasteiger partial charge in [-0.1, -0.05) is 37.4 Å². The predicted molar refractivity (Wildman–Crippen MR) is 84.5 cm³/mol. The molecule has 0 aliphatic heterocycles. The first kappa shape index (κ1) is 17.2. The van der Waals surface area contributed by atoms with Crippen LogP contribution in [0.2, 0.25) is 5.02 Å². The molecule has 0 saturated heterocycles. The van der Waals surface area contributed by atoms with E-state index in [2.05, 4.69) is 6.92 Å². The molecule has 112 valence electrons. The zero-order valence-electron chi connectivity index (χ0n) is 12.0. The highest BCUT2D eigenvalue weighted by Gasteiger charge is 2.10. The third kappa shape index (κ3) is 5.63. The summed E-state index contributed by atoms with van der Waals surface area (Å²) < 4.78 is 11.4. The van der Waals surface area contributed by atoms with Gasteiger partial charge in [-0.3, -0.25) is 9.00 Å². The molecule has 1 aromatic rings. The van der Waals surface area contributed by atoms with E-state index in [0.29, 0.717) is 22.3 Å². The molecule has 0 aliphatic rings. The van der Waals surface area contributed by atoms with Gasteiger partial charge in [0.05, 0.1) is 20.7 Å². The number of primary amides is 1. The largest absolute Gasteiger partial charge is 0.370 e. The Balaban J connectivity index is 2.47. The molecule has 2 atom stereocenters. The van der Waals surface area contributed by atoms with Gasteiger partial charge in [-0.15, -0.1) is 0 Å². The van der Waals surface area contributed by atoms with Crippen molar-refractivity contribution >= 4 is 28.3 Å². The fraction of sp³-hybridized carbons (Fsp3) is 0.533. The van der Waals surface area contributed by atoms with E-state index in [-0.39, 0.29) is 5.91 Å². The minimum atomic E-state index is -1.05. The number of unbranched alkanes of at least 4 members (excludes halogenated alkanes) is 2. The van der Waals surface area contributed by atoms with Gasteiger partial charge in [0, 0.05) is 12.7 Å². The second-order valence-electron chi connectivity index (χ2n) is 5.11. The summed E-state index contributed by atoms with van der Waals surface area (Å²) in [6.45, 7) is 2.16. The van der Waals surface area contributed by atoms with Gasteiger partial charge in [0.2, 0.25) is 5.91 Å². The first-order valence-electron chi connectivity index (χ1n) is 6.83. The number of hydrogen-bond donors (Lipinski definition) is 1. The van der Waals surface area contributed by atoms with Crippen molar-refractivity contribution in [2.24, 2.45) is 5.73 Å². The smallest absolute Gasteiger partial charge is 0.217 e. The maximum absolute atomic E-state index is 11.4. The summed E-state index contributed by atoms with van der Waals surface area (Å²) in [6, 6.07) is 5.75. The number of hydrogen-bond acceptors (Lipinski definition) is 2. The Morgan fingerprint density at radius 1 is 1.35 bits per heavy atom. The van der Waals surface area contributed by atoms with Crippen molar-refractivity contribution in [1.82, 2.24) is 0 Å². The number of nitrogens with two attached hydrogens (primary N) is 1. The Morgan fingerprint density at radius 3 is 2.60 bits per heavy atom. The van der Waals surface area contributed by atoms with E-state index in [1.165, 1.54) is 5.56 Å². The molecule has 0 heterocycles. The standard InChI is InChI=1S/C15H22ClNO2S/c1-11(6-4-3-5-7-15(17)18)12-8-9-14(20(2)19)13(16)10-12/h8-11H,3-7H2,1-2H3,(H2,17,18). The number of carbonyl (C=O) groups is 1. The molecule has 20 heavy (non-hydrogen) atoms. The second-order valence-corrected chi connectivity index (χ2v) is 6.87. The van der Waals surface area contributed by atoms with Crippen LogP contribution in [-0.2, 0) is 15.6 Å². The lowest BCUT2D eigenvalue weighted by atomic mass is 9.95. The lowest BCUT2D eigenvalue weighted by Crippen LogP contribution is -2.09. The SMILES string of the molecule is CC(CCCCCC(N)=O)c1ccc(S(C)=O)c(Cl)c1. The Hall–Kier alpha value is -0.870. The zero-order chi connectivity index (χ0) is 15.1. The van der Waals surface area contributed by atoms with E-state index in [0.717, 1.165) is 25.7 Å². The summed E-state index contributed by atoms with van der Waals surface area (Å²) in [4.78, 5) is 11.3. The van der Waals surface area contributed by atoms with Crippen molar-refractivity contribution in [3.05, 3.63) is 28.8 Å². The van der Waals surface area contributed by atoms with Crippen molar-refractivity contribution in [3.63, 3.8) is 0 Å². The minimum absolute atomic E-state index is 0.229. The molecule has 0 aliphatic carbocycles. The summed E-state index contributed by atoms with van der Waals surface area (Å²) in [7, 11) is -1.05. The van der Waals surface area contributed by atoms with Crippen LogP contribution in [0.3, 0.4) is 0 Å². The van der Waals surface area contributed by atoms with Gasteiger partial charge >= 0.3 is 0 Å². The van der Waals surface area contributed by atoms with E-state index in [4.69, 9.17) is 17.3 Å². The van der Waals surface area contributed by atoms with Crippen molar-refractivity contribution < 1.29 is 9.00 Å². The molecule has 0 aromatic heterocycles. The van der Waals surface area contributed by atoms with Crippen LogP contribution in [-0.4, -0.2) is 16.4 Å². The molecule has 1 rings (SSSR count). The number of carbonyl (C=O) groups excluding carboxylic acids is 1. The van der Waals surface area contributed by atoms with Crippen LogP contribution in [0.15, 0.2) is 23.1 Å². The second kappa shape index (κ2) is 8.42. The van der Waals surface area contributed by atoms with Gasteiger partial charge in [0.25, 0.3) is 0 Å². The lowest BCUT2D eigenvalue weighted by Gasteiger charge is -2.13. The van der Waals surface area contributed by atoms with Crippen LogP contribution in [0.5, 0.6) is 0 Å². The molecule has 1 aromatic carbocycles. The quantitative estimate of drug-likeness (QED) is 0.745. The van der Waals surface area contributed by atoms with Gasteiger partial charge in [-0.05, 0) is 36.5 Å². The van der Waals surface area contributed by atoms with Crippen LogP contribution in [0.1, 0.15) is 50.5 Å². The highest BCUT2D eigenvalue weighted by Crippen LogP contribution is 2.27. The number of benzene rings is 1. The minimum Gasteiger partial charge on any atom is -0.370 e. The monoisotopic (exact) mass is 315 g/mol. The van der Waals surface area contributed by atoms with Crippen molar-refractivity contribution in [2.75, 3.05) is 6.26 Å². The predicted octanol–water partition coefficient (Wildman–Crippen LogP) is 3.62. The molecule has 0 bridgehead atoms. The fourth-order valence-electron chi connectivity index (χ4n) is 2.15. The van der Waals surface area contributed by atoms with Gasteiger partial charge in [0.15, 0.2) is 0 Å². The van der Waals surface area contributed by atoms with Crippen molar-refractivity contribution in [1.29, 1.82) is 0 Å². The number of halogens is 1. The maximum atomic E-state index is 11.4.